The molecule has 0 aliphatic heterocycles. The summed E-state index contributed by atoms with van der Waals surface area (Å²) in [6, 6.07) is 0.697. The van der Waals surface area contributed by atoms with E-state index in [2.05, 4.69) is 25.1 Å². The molecule has 0 aromatic carbocycles. The number of rotatable bonds is 6. The maximum Gasteiger partial charge on any atom is 0.133 e. The van der Waals surface area contributed by atoms with E-state index >= 15 is 0 Å². The highest BCUT2D eigenvalue weighted by atomic mass is 15.2. The lowest BCUT2D eigenvalue weighted by atomic mass is 10.3. The minimum atomic E-state index is 0.697. The number of imidazole rings is 1. The molecule has 1 aliphatic carbocycles. The van der Waals surface area contributed by atoms with Gasteiger partial charge in [0.05, 0.1) is 12.0 Å². The monoisotopic (exact) mass is 246 g/mol. The van der Waals surface area contributed by atoms with Crippen LogP contribution in [0.15, 0.2) is 18.9 Å². The van der Waals surface area contributed by atoms with Gasteiger partial charge >= 0.3 is 0 Å². The second-order valence-electron chi connectivity index (χ2n) is 4.81. The van der Waals surface area contributed by atoms with Gasteiger partial charge in [-0.15, -0.1) is 10.2 Å². The van der Waals surface area contributed by atoms with E-state index in [0.717, 1.165) is 25.3 Å². The van der Waals surface area contributed by atoms with Crippen molar-refractivity contribution in [3.8, 4) is 0 Å². The summed E-state index contributed by atoms with van der Waals surface area (Å²) in [7, 11) is 1.97. The average Bonchev–Trinajstić information content (AvgIpc) is 2.97. The average molecular weight is 246 g/mol. The Morgan fingerprint density at radius 1 is 1.39 bits per heavy atom. The van der Waals surface area contributed by atoms with Gasteiger partial charge in [-0.25, -0.2) is 4.98 Å². The number of hydrogen-bond donors (Lipinski definition) is 1. The summed E-state index contributed by atoms with van der Waals surface area (Å²) >= 11 is 0. The molecule has 0 spiro atoms. The van der Waals surface area contributed by atoms with Gasteiger partial charge in [0.1, 0.15) is 12.2 Å². The molecule has 2 heterocycles. The van der Waals surface area contributed by atoms with E-state index in [0.29, 0.717) is 6.04 Å². The zero-order chi connectivity index (χ0) is 12.4. The van der Waals surface area contributed by atoms with E-state index in [9.17, 15) is 0 Å². The van der Waals surface area contributed by atoms with Crippen molar-refractivity contribution in [2.75, 3.05) is 6.54 Å². The molecule has 6 nitrogen and oxygen atoms in total. The minimum Gasteiger partial charge on any atom is -0.330 e. The fourth-order valence-corrected chi connectivity index (χ4v) is 2.10. The van der Waals surface area contributed by atoms with Crippen LogP contribution in [-0.2, 0) is 20.0 Å². The molecule has 0 atom stereocenters. The molecule has 1 fully saturated rings. The smallest absolute Gasteiger partial charge is 0.133 e. The fourth-order valence-electron chi connectivity index (χ4n) is 2.10. The van der Waals surface area contributed by atoms with Crippen LogP contribution in [0, 0.1) is 0 Å². The lowest BCUT2D eigenvalue weighted by Gasteiger charge is -2.07. The Kier molecular flexibility index (Phi) is 3.10. The standard InChI is InChI=1S/C12H18N6/c1-17-9-15-16-12(17)4-5-13-6-11-7-14-8-18(11)10-2-3-10/h7-10,13H,2-6H2,1H3. The first-order valence-corrected chi connectivity index (χ1v) is 6.39. The fraction of sp³-hybridized carbons (Fsp3) is 0.583. The normalized spacial score (nSPS) is 15.2. The first-order chi connectivity index (χ1) is 8.84. The predicted octanol–water partition coefficient (Wildman–Crippen LogP) is 0.679. The van der Waals surface area contributed by atoms with Crippen LogP contribution in [0.5, 0.6) is 0 Å². The second kappa shape index (κ2) is 4.89. The topological polar surface area (TPSA) is 60.6 Å². The summed E-state index contributed by atoms with van der Waals surface area (Å²) in [5.41, 5.74) is 1.27. The molecular formula is C12H18N6. The molecule has 1 aliphatic rings. The van der Waals surface area contributed by atoms with Gasteiger partial charge in [-0.3, -0.25) is 0 Å². The van der Waals surface area contributed by atoms with Crippen molar-refractivity contribution in [2.24, 2.45) is 7.05 Å². The van der Waals surface area contributed by atoms with Crippen LogP contribution in [-0.4, -0.2) is 30.9 Å². The van der Waals surface area contributed by atoms with E-state index in [1.54, 1.807) is 6.33 Å². The van der Waals surface area contributed by atoms with Crippen molar-refractivity contribution >= 4 is 0 Å². The number of nitrogens with one attached hydrogen (secondary N) is 1. The lowest BCUT2D eigenvalue weighted by molar-refractivity contribution is 0.608. The summed E-state index contributed by atoms with van der Waals surface area (Å²) in [4.78, 5) is 4.22. The van der Waals surface area contributed by atoms with Crippen LogP contribution in [0.3, 0.4) is 0 Å². The van der Waals surface area contributed by atoms with Crippen LogP contribution in [0.1, 0.15) is 30.4 Å². The van der Waals surface area contributed by atoms with Crippen LogP contribution in [0.25, 0.3) is 0 Å². The Bertz CT molecular complexity index is 510. The molecule has 0 amide bonds. The third-order valence-electron chi connectivity index (χ3n) is 3.32. The quantitative estimate of drug-likeness (QED) is 0.761. The van der Waals surface area contributed by atoms with Gasteiger partial charge in [0.15, 0.2) is 0 Å². The summed E-state index contributed by atoms with van der Waals surface area (Å²) in [5.74, 6) is 1.01. The molecule has 2 aromatic rings. The van der Waals surface area contributed by atoms with Gasteiger partial charge in [0.2, 0.25) is 0 Å². The van der Waals surface area contributed by atoms with Gasteiger partial charge in [-0.1, -0.05) is 0 Å². The van der Waals surface area contributed by atoms with Crippen LogP contribution >= 0.6 is 0 Å². The Hall–Kier alpha value is -1.69. The molecule has 18 heavy (non-hydrogen) atoms. The molecule has 6 heteroatoms. The molecule has 1 saturated carbocycles. The van der Waals surface area contributed by atoms with Gasteiger partial charge < -0.3 is 14.5 Å². The summed E-state index contributed by atoms with van der Waals surface area (Å²) in [6.07, 6.45) is 9.11. The minimum absolute atomic E-state index is 0.697. The van der Waals surface area contributed by atoms with Crippen molar-refractivity contribution in [3.05, 3.63) is 30.4 Å². The third-order valence-corrected chi connectivity index (χ3v) is 3.32. The number of aryl methyl sites for hydroxylation is 1. The van der Waals surface area contributed by atoms with Crippen molar-refractivity contribution in [3.63, 3.8) is 0 Å². The summed E-state index contributed by atoms with van der Waals surface area (Å²) in [5, 5.41) is 11.4. The van der Waals surface area contributed by atoms with Gasteiger partial charge in [-0.2, -0.15) is 0 Å². The molecule has 0 saturated heterocycles. The molecule has 96 valence electrons. The zero-order valence-electron chi connectivity index (χ0n) is 10.6. The second-order valence-corrected chi connectivity index (χ2v) is 4.81. The molecule has 3 rings (SSSR count). The van der Waals surface area contributed by atoms with E-state index in [1.165, 1.54) is 18.5 Å². The molecule has 2 aromatic heterocycles. The van der Waals surface area contributed by atoms with Crippen molar-refractivity contribution < 1.29 is 0 Å². The molecule has 0 radical (unpaired) electrons. The van der Waals surface area contributed by atoms with Crippen molar-refractivity contribution in [2.45, 2.75) is 31.8 Å². The first-order valence-electron chi connectivity index (χ1n) is 6.39. The Morgan fingerprint density at radius 3 is 3.00 bits per heavy atom. The van der Waals surface area contributed by atoms with Gasteiger partial charge in [0.25, 0.3) is 0 Å². The van der Waals surface area contributed by atoms with Crippen LogP contribution < -0.4 is 5.32 Å². The van der Waals surface area contributed by atoms with E-state index in [1.807, 2.05) is 24.1 Å². The van der Waals surface area contributed by atoms with Crippen molar-refractivity contribution in [1.82, 2.24) is 29.6 Å². The highest BCUT2D eigenvalue weighted by molar-refractivity contribution is 5.03. The summed E-state index contributed by atoms with van der Waals surface area (Å²) in [6.45, 7) is 1.77. The highest BCUT2D eigenvalue weighted by Crippen LogP contribution is 2.35. The Labute approximate surface area is 106 Å². The molecular weight excluding hydrogens is 228 g/mol. The maximum absolute atomic E-state index is 4.22. The molecule has 0 bridgehead atoms. The summed E-state index contributed by atoms with van der Waals surface area (Å²) < 4.78 is 4.24. The predicted molar refractivity (Wildman–Crippen MR) is 66.9 cm³/mol. The van der Waals surface area contributed by atoms with Crippen LogP contribution in [0.4, 0.5) is 0 Å². The third kappa shape index (κ3) is 2.43. The zero-order valence-corrected chi connectivity index (χ0v) is 10.6. The SMILES string of the molecule is Cn1cnnc1CCNCc1cncn1C1CC1. The van der Waals surface area contributed by atoms with Gasteiger partial charge in [0, 0.05) is 38.8 Å². The maximum atomic E-state index is 4.22. The first kappa shape index (κ1) is 11.4. The number of nitrogens with zero attached hydrogens (tertiary/aromatic N) is 5. The molecule has 0 unspecified atom stereocenters. The van der Waals surface area contributed by atoms with Crippen LogP contribution in [0.2, 0.25) is 0 Å². The van der Waals surface area contributed by atoms with E-state index in [4.69, 9.17) is 0 Å². The Balaban J connectivity index is 1.47. The Morgan fingerprint density at radius 2 is 2.28 bits per heavy atom. The number of aromatic nitrogens is 5. The molecule has 1 N–H and O–H groups in total. The highest BCUT2D eigenvalue weighted by Gasteiger charge is 2.24. The lowest BCUT2D eigenvalue weighted by Crippen LogP contribution is -2.19. The largest absolute Gasteiger partial charge is 0.330 e. The van der Waals surface area contributed by atoms with E-state index < -0.39 is 0 Å². The number of hydrogen-bond acceptors (Lipinski definition) is 4. The van der Waals surface area contributed by atoms with Gasteiger partial charge in [-0.05, 0) is 12.8 Å². The van der Waals surface area contributed by atoms with E-state index in [-0.39, 0.29) is 0 Å². The van der Waals surface area contributed by atoms with Crippen molar-refractivity contribution in [1.29, 1.82) is 0 Å².